The van der Waals surface area contributed by atoms with E-state index in [2.05, 4.69) is 6.07 Å². The second-order valence-corrected chi connectivity index (χ2v) is 5.03. The third-order valence-corrected chi connectivity index (χ3v) is 3.58. The van der Waals surface area contributed by atoms with Crippen LogP contribution in [-0.2, 0) is 6.54 Å². The molecule has 1 aromatic heterocycles. The Morgan fingerprint density at radius 1 is 1.20 bits per heavy atom. The first-order chi connectivity index (χ1) is 9.45. The second kappa shape index (κ2) is 5.51. The number of rotatable bonds is 4. The molecular weight excluding hydrogens is 254 g/mol. The quantitative estimate of drug-likeness (QED) is 0.900. The largest absolute Gasteiger partial charge is 0.478 e. The Labute approximate surface area is 118 Å². The third kappa shape index (κ3) is 2.47. The van der Waals surface area contributed by atoms with Crippen LogP contribution in [0.5, 0.6) is 0 Å². The molecule has 0 aliphatic carbocycles. The SMILES string of the molecule is Cc1ccc(-c2cc(C(=O)O)c(C)n2CCO)c(C)c1. The van der Waals surface area contributed by atoms with Crippen LogP contribution in [0.4, 0.5) is 0 Å². The standard InChI is InChI=1S/C16H19NO3/c1-10-4-5-13(11(2)8-10)15-9-14(16(19)20)12(3)17(15)6-7-18/h4-5,8-9,18H,6-7H2,1-3H3,(H,19,20). The van der Waals surface area contributed by atoms with E-state index in [9.17, 15) is 15.0 Å². The van der Waals surface area contributed by atoms with Gasteiger partial charge in [-0.1, -0.05) is 23.8 Å². The van der Waals surface area contributed by atoms with Gasteiger partial charge in [0.2, 0.25) is 0 Å². The van der Waals surface area contributed by atoms with E-state index >= 15 is 0 Å². The second-order valence-electron chi connectivity index (χ2n) is 5.03. The highest BCUT2D eigenvalue weighted by atomic mass is 16.4. The monoisotopic (exact) mass is 273 g/mol. The normalized spacial score (nSPS) is 10.8. The van der Waals surface area contributed by atoms with Gasteiger partial charge in [-0.05, 0) is 32.4 Å². The molecule has 0 bridgehead atoms. The van der Waals surface area contributed by atoms with Crippen molar-refractivity contribution in [3.63, 3.8) is 0 Å². The molecule has 0 fully saturated rings. The number of aromatic nitrogens is 1. The Bertz CT molecular complexity index is 656. The zero-order valence-electron chi connectivity index (χ0n) is 12.0. The fraction of sp³-hybridized carbons (Fsp3) is 0.312. The molecular formula is C16H19NO3. The predicted octanol–water partition coefficient (Wildman–Crippen LogP) is 2.77. The molecule has 0 unspecified atom stereocenters. The minimum absolute atomic E-state index is 0.0213. The Kier molecular flexibility index (Phi) is 3.95. The number of aliphatic hydroxyl groups excluding tert-OH is 1. The van der Waals surface area contributed by atoms with Crippen molar-refractivity contribution >= 4 is 5.97 Å². The van der Waals surface area contributed by atoms with E-state index in [1.54, 1.807) is 13.0 Å². The molecule has 1 aromatic carbocycles. The summed E-state index contributed by atoms with van der Waals surface area (Å²) in [6.45, 7) is 6.17. The van der Waals surface area contributed by atoms with Crippen molar-refractivity contribution in [2.75, 3.05) is 6.61 Å². The van der Waals surface area contributed by atoms with Crippen LogP contribution in [0.3, 0.4) is 0 Å². The average molecular weight is 273 g/mol. The van der Waals surface area contributed by atoms with E-state index in [0.29, 0.717) is 12.2 Å². The fourth-order valence-electron chi connectivity index (χ4n) is 2.57. The number of aryl methyl sites for hydroxylation is 2. The zero-order chi connectivity index (χ0) is 14.9. The van der Waals surface area contributed by atoms with Crippen molar-refractivity contribution < 1.29 is 15.0 Å². The molecule has 0 spiro atoms. The number of aromatic carboxylic acids is 1. The fourth-order valence-corrected chi connectivity index (χ4v) is 2.57. The number of carbonyl (C=O) groups is 1. The first kappa shape index (κ1) is 14.3. The summed E-state index contributed by atoms with van der Waals surface area (Å²) < 4.78 is 1.86. The van der Waals surface area contributed by atoms with E-state index in [-0.39, 0.29) is 12.2 Å². The van der Waals surface area contributed by atoms with Crippen LogP contribution in [0.1, 0.15) is 27.2 Å². The van der Waals surface area contributed by atoms with Gasteiger partial charge in [-0.3, -0.25) is 0 Å². The first-order valence-corrected chi connectivity index (χ1v) is 6.57. The molecule has 1 heterocycles. The highest BCUT2D eigenvalue weighted by Gasteiger charge is 2.18. The summed E-state index contributed by atoms with van der Waals surface area (Å²) in [5, 5.41) is 18.5. The van der Waals surface area contributed by atoms with Gasteiger partial charge in [0.1, 0.15) is 0 Å². The molecule has 0 saturated heterocycles. The number of nitrogens with zero attached hydrogens (tertiary/aromatic N) is 1. The maximum absolute atomic E-state index is 11.3. The molecule has 0 aliphatic rings. The molecule has 0 amide bonds. The Hall–Kier alpha value is -2.07. The van der Waals surface area contributed by atoms with Crippen LogP contribution >= 0.6 is 0 Å². The Morgan fingerprint density at radius 2 is 1.90 bits per heavy atom. The Morgan fingerprint density at radius 3 is 2.45 bits per heavy atom. The van der Waals surface area contributed by atoms with E-state index in [0.717, 1.165) is 16.8 Å². The lowest BCUT2D eigenvalue weighted by molar-refractivity contribution is 0.0696. The molecule has 4 nitrogen and oxygen atoms in total. The van der Waals surface area contributed by atoms with Crippen LogP contribution in [-0.4, -0.2) is 27.4 Å². The van der Waals surface area contributed by atoms with Gasteiger partial charge in [-0.15, -0.1) is 0 Å². The molecule has 2 N–H and O–H groups in total. The van der Waals surface area contributed by atoms with Gasteiger partial charge in [0.05, 0.1) is 12.2 Å². The minimum atomic E-state index is -0.940. The van der Waals surface area contributed by atoms with Crippen LogP contribution in [0.2, 0.25) is 0 Å². The third-order valence-electron chi connectivity index (χ3n) is 3.58. The number of benzene rings is 1. The first-order valence-electron chi connectivity index (χ1n) is 6.57. The number of aliphatic hydroxyl groups is 1. The van der Waals surface area contributed by atoms with Gasteiger partial charge in [-0.25, -0.2) is 4.79 Å². The summed E-state index contributed by atoms with van der Waals surface area (Å²) >= 11 is 0. The van der Waals surface area contributed by atoms with Crippen molar-refractivity contribution in [3.05, 3.63) is 46.6 Å². The molecule has 0 radical (unpaired) electrons. The van der Waals surface area contributed by atoms with Gasteiger partial charge < -0.3 is 14.8 Å². The summed E-state index contributed by atoms with van der Waals surface area (Å²) in [5.74, 6) is -0.940. The van der Waals surface area contributed by atoms with Gasteiger partial charge in [0.15, 0.2) is 0 Å². The van der Waals surface area contributed by atoms with Gasteiger partial charge in [0, 0.05) is 23.5 Å². The molecule has 20 heavy (non-hydrogen) atoms. The van der Waals surface area contributed by atoms with Crippen LogP contribution in [0, 0.1) is 20.8 Å². The molecule has 2 aromatic rings. The summed E-state index contributed by atoms with van der Waals surface area (Å²) in [5.41, 5.74) is 5.06. The molecule has 0 saturated carbocycles. The van der Waals surface area contributed by atoms with Crippen LogP contribution in [0.15, 0.2) is 24.3 Å². The summed E-state index contributed by atoms with van der Waals surface area (Å²) in [4.78, 5) is 11.3. The lowest BCUT2D eigenvalue weighted by atomic mass is 10.0. The van der Waals surface area contributed by atoms with E-state index in [1.165, 1.54) is 5.56 Å². The smallest absolute Gasteiger partial charge is 0.337 e. The highest BCUT2D eigenvalue weighted by molar-refractivity contribution is 5.91. The number of hydrogen-bond donors (Lipinski definition) is 2. The highest BCUT2D eigenvalue weighted by Crippen LogP contribution is 2.29. The van der Waals surface area contributed by atoms with Crippen molar-refractivity contribution in [3.8, 4) is 11.3 Å². The van der Waals surface area contributed by atoms with E-state index < -0.39 is 5.97 Å². The Balaban J connectivity index is 2.66. The van der Waals surface area contributed by atoms with Gasteiger partial charge >= 0.3 is 5.97 Å². The lowest BCUT2D eigenvalue weighted by Gasteiger charge is -2.12. The molecule has 2 rings (SSSR count). The van der Waals surface area contributed by atoms with Crippen molar-refractivity contribution in [2.45, 2.75) is 27.3 Å². The van der Waals surface area contributed by atoms with Gasteiger partial charge in [-0.2, -0.15) is 0 Å². The maximum atomic E-state index is 11.3. The zero-order valence-corrected chi connectivity index (χ0v) is 12.0. The number of hydrogen-bond acceptors (Lipinski definition) is 2. The molecule has 106 valence electrons. The summed E-state index contributed by atoms with van der Waals surface area (Å²) in [6, 6.07) is 7.76. The molecule has 4 heteroatoms. The topological polar surface area (TPSA) is 62.5 Å². The molecule has 0 atom stereocenters. The minimum Gasteiger partial charge on any atom is -0.478 e. The summed E-state index contributed by atoms with van der Waals surface area (Å²) in [6.07, 6.45) is 0. The maximum Gasteiger partial charge on any atom is 0.337 e. The lowest BCUT2D eigenvalue weighted by Crippen LogP contribution is -2.07. The van der Waals surface area contributed by atoms with Crippen molar-refractivity contribution in [1.82, 2.24) is 4.57 Å². The molecule has 0 aliphatic heterocycles. The van der Waals surface area contributed by atoms with Crippen LogP contribution < -0.4 is 0 Å². The number of carboxylic acids is 1. The average Bonchev–Trinajstić information content (AvgIpc) is 2.68. The predicted molar refractivity (Wildman–Crippen MR) is 78.1 cm³/mol. The van der Waals surface area contributed by atoms with Crippen molar-refractivity contribution in [1.29, 1.82) is 0 Å². The number of carboxylic acid groups (broad SMARTS) is 1. The van der Waals surface area contributed by atoms with Gasteiger partial charge in [0.25, 0.3) is 0 Å². The van der Waals surface area contributed by atoms with E-state index in [4.69, 9.17) is 0 Å². The summed E-state index contributed by atoms with van der Waals surface area (Å²) in [7, 11) is 0. The van der Waals surface area contributed by atoms with E-state index in [1.807, 2.05) is 30.5 Å². The van der Waals surface area contributed by atoms with Crippen molar-refractivity contribution in [2.24, 2.45) is 0 Å². The van der Waals surface area contributed by atoms with Crippen LogP contribution in [0.25, 0.3) is 11.3 Å².